The molecule has 0 saturated carbocycles. The smallest absolute Gasteiger partial charge is 0.263 e. The molecular formula is C31H20N4O2. The minimum Gasteiger partial charge on any atom is -0.308 e. The van der Waals surface area contributed by atoms with Crippen molar-refractivity contribution in [1.82, 2.24) is 19.4 Å². The minimum atomic E-state index is -0.285. The quantitative estimate of drug-likeness (QED) is 0.286. The standard InChI is InChI=1S/C31H20N4O2/c1-34-30(36)23-3-2-4-28(29(23)31(34)37)35-26-7-5-21(19-9-13-32-14-10-19)17-24(26)25-18-22(6-8-27(25)35)20-11-15-33-16-12-20/h2-18H,1H3. The fourth-order valence-corrected chi connectivity index (χ4v) is 5.30. The van der Waals surface area contributed by atoms with Crippen molar-refractivity contribution in [3.63, 3.8) is 0 Å². The Balaban J connectivity index is 1.56. The first-order valence-electron chi connectivity index (χ1n) is 12.0. The first-order valence-corrected chi connectivity index (χ1v) is 12.0. The number of hydrogen-bond donors (Lipinski definition) is 0. The largest absolute Gasteiger partial charge is 0.308 e. The molecular weight excluding hydrogens is 460 g/mol. The number of hydrogen-bond acceptors (Lipinski definition) is 4. The molecule has 0 radical (unpaired) electrons. The van der Waals surface area contributed by atoms with Crippen LogP contribution in [-0.4, -0.2) is 38.3 Å². The summed E-state index contributed by atoms with van der Waals surface area (Å²) in [6.45, 7) is 0. The molecule has 4 heterocycles. The van der Waals surface area contributed by atoms with Crippen LogP contribution in [0.15, 0.2) is 104 Å². The van der Waals surface area contributed by atoms with E-state index in [4.69, 9.17) is 0 Å². The summed E-state index contributed by atoms with van der Waals surface area (Å²) in [4.78, 5) is 35.4. The second kappa shape index (κ2) is 7.96. The normalized spacial score (nSPS) is 13.1. The summed E-state index contributed by atoms with van der Waals surface area (Å²) < 4.78 is 2.10. The molecule has 0 fully saturated rings. The predicted octanol–water partition coefficient (Wildman–Crippen LogP) is 6.13. The maximum atomic E-state index is 13.2. The van der Waals surface area contributed by atoms with Crippen LogP contribution in [0.5, 0.6) is 0 Å². The average molecular weight is 481 g/mol. The summed E-state index contributed by atoms with van der Waals surface area (Å²) in [5.41, 5.74) is 7.79. The van der Waals surface area contributed by atoms with E-state index in [0.29, 0.717) is 16.8 Å². The van der Waals surface area contributed by atoms with Gasteiger partial charge in [-0.3, -0.25) is 24.5 Å². The summed E-state index contributed by atoms with van der Waals surface area (Å²) in [6, 6.07) is 26.1. The van der Waals surface area contributed by atoms with Gasteiger partial charge in [-0.2, -0.15) is 0 Å². The van der Waals surface area contributed by atoms with Crippen molar-refractivity contribution in [2.24, 2.45) is 0 Å². The fourth-order valence-electron chi connectivity index (χ4n) is 5.30. The highest BCUT2D eigenvalue weighted by Crippen LogP contribution is 2.39. The molecule has 0 N–H and O–H groups in total. The zero-order valence-corrected chi connectivity index (χ0v) is 19.9. The first kappa shape index (κ1) is 21.2. The molecule has 2 amide bonds. The van der Waals surface area contributed by atoms with Crippen LogP contribution in [-0.2, 0) is 0 Å². The van der Waals surface area contributed by atoms with Gasteiger partial charge in [0.1, 0.15) is 0 Å². The highest BCUT2D eigenvalue weighted by atomic mass is 16.2. The SMILES string of the molecule is CN1C(=O)c2cccc(-n3c4ccc(-c5ccncc5)cc4c4cc(-c5ccncc5)ccc43)c2C1=O. The molecule has 37 heavy (non-hydrogen) atoms. The van der Waals surface area contributed by atoms with Crippen LogP contribution >= 0.6 is 0 Å². The summed E-state index contributed by atoms with van der Waals surface area (Å²) in [5, 5.41) is 2.12. The highest BCUT2D eigenvalue weighted by molar-refractivity contribution is 6.23. The van der Waals surface area contributed by atoms with E-state index < -0.39 is 0 Å². The van der Waals surface area contributed by atoms with Crippen LogP contribution in [0.25, 0.3) is 49.7 Å². The lowest BCUT2D eigenvalue weighted by atomic mass is 10.0. The predicted molar refractivity (Wildman–Crippen MR) is 144 cm³/mol. The molecule has 0 bridgehead atoms. The monoisotopic (exact) mass is 480 g/mol. The zero-order chi connectivity index (χ0) is 25.1. The molecule has 0 spiro atoms. The van der Waals surface area contributed by atoms with Gasteiger partial charge in [0.15, 0.2) is 0 Å². The Morgan fingerprint density at radius 2 is 1.14 bits per heavy atom. The van der Waals surface area contributed by atoms with Gasteiger partial charge in [0.2, 0.25) is 0 Å². The molecule has 6 nitrogen and oxygen atoms in total. The van der Waals surface area contributed by atoms with Crippen molar-refractivity contribution in [2.45, 2.75) is 0 Å². The number of rotatable bonds is 3. The Hall–Kier alpha value is -5.10. The van der Waals surface area contributed by atoms with Gasteiger partial charge in [-0.15, -0.1) is 0 Å². The maximum Gasteiger partial charge on any atom is 0.263 e. The van der Waals surface area contributed by atoms with Crippen LogP contribution < -0.4 is 0 Å². The third-order valence-corrected chi connectivity index (χ3v) is 7.13. The van der Waals surface area contributed by atoms with Gasteiger partial charge >= 0.3 is 0 Å². The van der Waals surface area contributed by atoms with E-state index in [1.807, 2.05) is 36.4 Å². The molecule has 0 atom stereocenters. The molecule has 6 heteroatoms. The number of amides is 2. The van der Waals surface area contributed by atoms with Crippen molar-refractivity contribution < 1.29 is 9.59 Å². The Labute approximate surface area is 212 Å². The van der Waals surface area contributed by atoms with E-state index in [0.717, 1.165) is 44.1 Å². The molecule has 6 aromatic rings. The minimum absolute atomic E-state index is 0.275. The highest BCUT2D eigenvalue weighted by Gasteiger charge is 2.35. The second-order valence-corrected chi connectivity index (χ2v) is 9.14. The van der Waals surface area contributed by atoms with E-state index in [-0.39, 0.29) is 11.8 Å². The molecule has 0 unspecified atom stereocenters. The number of fused-ring (bicyclic) bond motifs is 4. The fraction of sp³-hybridized carbons (Fsp3) is 0.0323. The van der Waals surface area contributed by atoms with E-state index in [9.17, 15) is 9.59 Å². The molecule has 1 aliphatic rings. The lowest BCUT2D eigenvalue weighted by molar-refractivity contribution is 0.0693. The van der Waals surface area contributed by atoms with Crippen molar-refractivity contribution in [2.75, 3.05) is 7.05 Å². The summed E-state index contributed by atoms with van der Waals surface area (Å²) >= 11 is 0. The van der Waals surface area contributed by atoms with Crippen LogP contribution in [0.2, 0.25) is 0 Å². The number of carbonyl (C=O) groups excluding carboxylic acids is 2. The third kappa shape index (κ3) is 3.12. The third-order valence-electron chi connectivity index (χ3n) is 7.13. The number of nitrogens with zero attached hydrogens (tertiary/aromatic N) is 4. The molecule has 176 valence electrons. The number of carbonyl (C=O) groups is 2. The molecule has 3 aromatic heterocycles. The Bertz CT molecular complexity index is 1780. The summed E-state index contributed by atoms with van der Waals surface area (Å²) in [5.74, 6) is -0.560. The van der Waals surface area contributed by atoms with E-state index in [1.165, 1.54) is 11.9 Å². The van der Waals surface area contributed by atoms with Crippen LogP contribution in [0.1, 0.15) is 20.7 Å². The second-order valence-electron chi connectivity index (χ2n) is 9.14. The molecule has 1 aliphatic heterocycles. The molecule has 7 rings (SSSR count). The van der Waals surface area contributed by atoms with E-state index in [2.05, 4.69) is 50.9 Å². The number of imide groups is 1. The van der Waals surface area contributed by atoms with Crippen molar-refractivity contribution >= 4 is 33.6 Å². The summed E-state index contributed by atoms with van der Waals surface area (Å²) in [6.07, 6.45) is 7.15. The Morgan fingerprint density at radius 1 is 0.595 bits per heavy atom. The van der Waals surface area contributed by atoms with Gasteiger partial charge in [-0.25, -0.2) is 0 Å². The summed E-state index contributed by atoms with van der Waals surface area (Å²) in [7, 11) is 1.53. The van der Waals surface area contributed by atoms with Gasteiger partial charge in [0.05, 0.1) is 27.8 Å². The van der Waals surface area contributed by atoms with Gasteiger partial charge in [0, 0.05) is 42.6 Å². The Morgan fingerprint density at radius 3 is 1.68 bits per heavy atom. The van der Waals surface area contributed by atoms with Gasteiger partial charge < -0.3 is 4.57 Å². The van der Waals surface area contributed by atoms with E-state index in [1.54, 1.807) is 30.9 Å². The van der Waals surface area contributed by atoms with Gasteiger partial charge in [-0.05, 0) is 82.9 Å². The molecule has 0 aliphatic carbocycles. The van der Waals surface area contributed by atoms with Crippen LogP contribution in [0.4, 0.5) is 0 Å². The van der Waals surface area contributed by atoms with E-state index >= 15 is 0 Å². The van der Waals surface area contributed by atoms with Crippen LogP contribution in [0.3, 0.4) is 0 Å². The number of benzene rings is 3. The van der Waals surface area contributed by atoms with Crippen molar-refractivity contribution in [3.05, 3.63) is 115 Å². The van der Waals surface area contributed by atoms with Gasteiger partial charge in [-0.1, -0.05) is 18.2 Å². The topological polar surface area (TPSA) is 68.1 Å². The number of pyridine rings is 2. The van der Waals surface area contributed by atoms with Crippen molar-refractivity contribution in [3.8, 4) is 27.9 Å². The molecule has 3 aromatic carbocycles. The van der Waals surface area contributed by atoms with Crippen molar-refractivity contribution in [1.29, 1.82) is 0 Å². The average Bonchev–Trinajstić information content (AvgIpc) is 3.40. The zero-order valence-electron chi connectivity index (χ0n) is 19.9. The Kier molecular flexibility index (Phi) is 4.56. The lowest BCUT2D eigenvalue weighted by Crippen LogP contribution is -2.24. The molecule has 0 saturated heterocycles. The number of aromatic nitrogens is 3. The first-order chi connectivity index (χ1) is 18.1. The van der Waals surface area contributed by atoms with Crippen LogP contribution in [0, 0.1) is 0 Å². The lowest BCUT2D eigenvalue weighted by Gasteiger charge is -2.12. The maximum absolute atomic E-state index is 13.2. The van der Waals surface area contributed by atoms with Gasteiger partial charge in [0.25, 0.3) is 11.8 Å².